The zero-order chi connectivity index (χ0) is 16.1. The highest BCUT2D eigenvalue weighted by molar-refractivity contribution is 5.76. The number of rotatable bonds is 8. The van der Waals surface area contributed by atoms with E-state index < -0.39 is 0 Å². The lowest BCUT2D eigenvalue weighted by molar-refractivity contribution is -0.121. The fraction of sp³-hybridized carbons (Fsp3) is 0.421. The molecule has 1 aliphatic rings. The zero-order valence-electron chi connectivity index (χ0n) is 13.6. The molecule has 122 valence electrons. The summed E-state index contributed by atoms with van der Waals surface area (Å²) in [5, 5.41) is 6.33. The molecule has 0 spiro atoms. The summed E-state index contributed by atoms with van der Waals surface area (Å²) in [4.78, 5) is 11.6. The molecule has 23 heavy (non-hydrogen) atoms. The summed E-state index contributed by atoms with van der Waals surface area (Å²) >= 11 is 0. The first-order valence-electron chi connectivity index (χ1n) is 8.36. The Morgan fingerprint density at radius 2 is 1.96 bits per heavy atom. The van der Waals surface area contributed by atoms with Gasteiger partial charge in [-0.25, -0.2) is 0 Å². The normalized spacial score (nSPS) is 14.0. The first kappa shape index (κ1) is 15.8. The van der Waals surface area contributed by atoms with Gasteiger partial charge in [-0.1, -0.05) is 29.8 Å². The summed E-state index contributed by atoms with van der Waals surface area (Å²) in [6.45, 7) is 3.58. The van der Waals surface area contributed by atoms with Gasteiger partial charge >= 0.3 is 0 Å². The van der Waals surface area contributed by atoms with Crippen molar-refractivity contribution in [3.8, 4) is 11.3 Å². The second-order valence-corrected chi connectivity index (χ2v) is 6.25. The number of amides is 1. The maximum Gasteiger partial charge on any atom is 0.220 e. The molecule has 3 rings (SSSR count). The molecule has 1 amide bonds. The summed E-state index contributed by atoms with van der Waals surface area (Å²) in [6, 6.07) is 12.8. The molecular formula is C19H24N2O2. The maximum atomic E-state index is 11.6. The Kier molecular flexibility index (Phi) is 5.13. The molecule has 0 unspecified atom stereocenters. The van der Waals surface area contributed by atoms with Gasteiger partial charge in [-0.3, -0.25) is 4.79 Å². The number of benzene rings is 1. The van der Waals surface area contributed by atoms with Gasteiger partial charge in [-0.05, 0) is 44.9 Å². The SMILES string of the molecule is Cc1ccc(-c2ccc(CNCCCC(=O)NC3CC3)o2)cc1. The van der Waals surface area contributed by atoms with Crippen LogP contribution in [0.1, 0.15) is 37.0 Å². The highest BCUT2D eigenvalue weighted by Crippen LogP contribution is 2.22. The van der Waals surface area contributed by atoms with Crippen LogP contribution in [0.5, 0.6) is 0 Å². The van der Waals surface area contributed by atoms with Crippen LogP contribution in [-0.2, 0) is 11.3 Å². The Hall–Kier alpha value is -2.07. The van der Waals surface area contributed by atoms with Crippen LogP contribution in [0.15, 0.2) is 40.8 Å². The van der Waals surface area contributed by atoms with E-state index in [4.69, 9.17) is 4.42 Å². The van der Waals surface area contributed by atoms with E-state index in [1.807, 2.05) is 12.1 Å². The van der Waals surface area contributed by atoms with Crippen LogP contribution in [0.25, 0.3) is 11.3 Å². The molecule has 1 aromatic carbocycles. The molecule has 1 aromatic heterocycles. The quantitative estimate of drug-likeness (QED) is 0.735. The number of carbonyl (C=O) groups is 1. The van der Waals surface area contributed by atoms with Gasteiger partial charge in [-0.15, -0.1) is 0 Å². The molecule has 1 saturated carbocycles. The van der Waals surface area contributed by atoms with Crippen molar-refractivity contribution in [1.82, 2.24) is 10.6 Å². The summed E-state index contributed by atoms with van der Waals surface area (Å²) in [7, 11) is 0. The average Bonchev–Trinajstić information content (AvgIpc) is 3.22. The first-order valence-corrected chi connectivity index (χ1v) is 8.36. The number of carbonyl (C=O) groups excluding carboxylic acids is 1. The monoisotopic (exact) mass is 312 g/mol. The second-order valence-electron chi connectivity index (χ2n) is 6.25. The van der Waals surface area contributed by atoms with Crippen molar-refractivity contribution in [2.75, 3.05) is 6.54 Å². The number of nitrogens with one attached hydrogen (secondary N) is 2. The number of aryl methyl sites for hydroxylation is 1. The van der Waals surface area contributed by atoms with Gasteiger partial charge in [0.05, 0.1) is 6.54 Å². The minimum atomic E-state index is 0.175. The molecule has 1 aliphatic carbocycles. The smallest absolute Gasteiger partial charge is 0.220 e. The van der Waals surface area contributed by atoms with E-state index in [1.54, 1.807) is 0 Å². The minimum absolute atomic E-state index is 0.175. The van der Waals surface area contributed by atoms with Gasteiger partial charge in [-0.2, -0.15) is 0 Å². The second kappa shape index (κ2) is 7.47. The van der Waals surface area contributed by atoms with E-state index in [1.165, 1.54) is 5.56 Å². The van der Waals surface area contributed by atoms with Crippen molar-refractivity contribution < 1.29 is 9.21 Å². The highest BCUT2D eigenvalue weighted by atomic mass is 16.3. The lowest BCUT2D eigenvalue weighted by atomic mass is 10.1. The van der Waals surface area contributed by atoms with Crippen molar-refractivity contribution in [3.63, 3.8) is 0 Å². The molecule has 4 heteroatoms. The van der Waals surface area contributed by atoms with E-state index >= 15 is 0 Å². The van der Waals surface area contributed by atoms with Crippen molar-refractivity contribution in [1.29, 1.82) is 0 Å². The fourth-order valence-corrected chi connectivity index (χ4v) is 2.46. The van der Waals surface area contributed by atoms with Gasteiger partial charge < -0.3 is 15.1 Å². The maximum absolute atomic E-state index is 11.6. The van der Waals surface area contributed by atoms with E-state index in [0.717, 1.165) is 42.9 Å². The molecule has 0 saturated heterocycles. The standard InChI is InChI=1S/C19H24N2O2/c1-14-4-6-15(7-5-14)18-11-10-17(23-18)13-20-12-2-3-19(22)21-16-8-9-16/h4-7,10-11,16,20H,2-3,8-9,12-13H2,1H3,(H,21,22). The largest absolute Gasteiger partial charge is 0.460 e. The van der Waals surface area contributed by atoms with Crippen molar-refractivity contribution in [2.24, 2.45) is 0 Å². The average molecular weight is 312 g/mol. The molecule has 0 bridgehead atoms. The lowest BCUT2D eigenvalue weighted by Gasteiger charge is -2.04. The van der Waals surface area contributed by atoms with E-state index in [2.05, 4.69) is 41.8 Å². The van der Waals surface area contributed by atoms with Gasteiger partial charge in [0, 0.05) is 18.0 Å². The number of hydrogen-bond acceptors (Lipinski definition) is 3. The summed E-state index contributed by atoms with van der Waals surface area (Å²) < 4.78 is 5.86. The van der Waals surface area contributed by atoms with Crippen LogP contribution < -0.4 is 10.6 Å². The molecule has 2 aromatic rings. The van der Waals surface area contributed by atoms with Gasteiger partial charge in [0.15, 0.2) is 0 Å². The third-order valence-electron chi connectivity index (χ3n) is 4.00. The third-order valence-corrected chi connectivity index (χ3v) is 4.00. The molecule has 1 fully saturated rings. The summed E-state index contributed by atoms with van der Waals surface area (Å²) in [6.07, 6.45) is 3.73. The molecule has 0 radical (unpaired) electrons. The number of furan rings is 1. The van der Waals surface area contributed by atoms with E-state index in [-0.39, 0.29) is 5.91 Å². The predicted octanol–water partition coefficient (Wildman–Crippen LogP) is 3.40. The third kappa shape index (κ3) is 4.96. The van der Waals surface area contributed by atoms with Crippen LogP contribution in [0, 0.1) is 6.92 Å². The van der Waals surface area contributed by atoms with Crippen LogP contribution in [0.3, 0.4) is 0 Å². The Bertz CT molecular complexity index is 642. The van der Waals surface area contributed by atoms with Crippen LogP contribution in [0.4, 0.5) is 0 Å². The molecule has 1 heterocycles. The Labute approximate surface area is 137 Å². The van der Waals surface area contributed by atoms with Crippen LogP contribution in [0.2, 0.25) is 0 Å². The molecule has 0 atom stereocenters. The topological polar surface area (TPSA) is 54.3 Å². The van der Waals surface area contributed by atoms with E-state index in [9.17, 15) is 4.79 Å². The van der Waals surface area contributed by atoms with E-state index in [0.29, 0.717) is 19.0 Å². The first-order chi connectivity index (χ1) is 11.2. The number of hydrogen-bond donors (Lipinski definition) is 2. The van der Waals surface area contributed by atoms with Crippen molar-refractivity contribution >= 4 is 5.91 Å². The van der Waals surface area contributed by atoms with Gasteiger partial charge in [0.1, 0.15) is 11.5 Å². The summed E-state index contributed by atoms with van der Waals surface area (Å²) in [5.41, 5.74) is 2.34. The van der Waals surface area contributed by atoms with Crippen molar-refractivity contribution in [2.45, 2.75) is 45.2 Å². The highest BCUT2D eigenvalue weighted by Gasteiger charge is 2.22. The Morgan fingerprint density at radius 3 is 2.70 bits per heavy atom. The lowest BCUT2D eigenvalue weighted by Crippen LogP contribution is -2.26. The molecule has 2 N–H and O–H groups in total. The minimum Gasteiger partial charge on any atom is -0.460 e. The van der Waals surface area contributed by atoms with Crippen LogP contribution >= 0.6 is 0 Å². The Balaban J connectivity index is 1.37. The summed E-state index contributed by atoms with van der Waals surface area (Å²) in [5.74, 6) is 1.99. The molecular weight excluding hydrogens is 288 g/mol. The zero-order valence-corrected chi connectivity index (χ0v) is 13.6. The Morgan fingerprint density at radius 1 is 1.17 bits per heavy atom. The van der Waals surface area contributed by atoms with Crippen molar-refractivity contribution in [3.05, 3.63) is 47.7 Å². The fourth-order valence-electron chi connectivity index (χ4n) is 2.46. The predicted molar refractivity (Wildman–Crippen MR) is 91.0 cm³/mol. The van der Waals surface area contributed by atoms with Gasteiger partial charge in [0.2, 0.25) is 5.91 Å². The van der Waals surface area contributed by atoms with Crippen LogP contribution in [-0.4, -0.2) is 18.5 Å². The molecule has 4 nitrogen and oxygen atoms in total. The molecule has 0 aliphatic heterocycles. The van der Waals surface area contributed by atoms with Gasteiger partial charge in [0.25, 0.3) is 0 Å².